The number of fused-ring (bicyclic) bond motifs is 1. The molecule has 0 bridgehead atoms. The zero-order valence-electron chi connectivity index (χ0n) is 13.5. The van der Waals surface area contributed by atoms with Crippen molar-refractivity contribution in [1.29, 1.82) is 0 Å². The number of nitrogens with zero attached hydrogens (tertiary/aromatic N) is 1. The van der Waals surface area contributed by atoms with E-state index in [-0.39, 0.29) is 11.2 Å². The van der Waals surface area contributed by atoms with Gasteiger partial charge in [-0.1, -0.05) is 48.2 Å². The van der Waals surface area contributed by atoms with E-state index in [1.165, 1.54) is 17.3 Å². The fourth-order valence-electron chi connectivity index (χ4n) is 2.67. The number of aromatic amines is 1. The quantitative estimate of drug-likeness (QED) is 0.692. The van der Waals surface area contributed by atoms with Crippen LogP contribution in [0.15, 0.2) is 53.7 Å². The number of hydrogen-bond acceptors (Lipinski definition) is 3. The fraction of sp³-hybridized carbons (Fsp3) is 0.263. The van der Waals surface area contributed by atoms with E-state index in [9.17, 15) is 4.79 Å². The first kappa shape index (κ1) is 15.3. The van der Waals surface area contributed by atoms with Crippen LogP contribution in [-0.2, 0) is 4.79 Å². The van der Waals surface area contributed by atoms with E-state index in [1.807, 2.05) is 42.5 Å². The Bertz CT molecular complexity index is 871. The predicted molar refractivity (Wildman–Crippen MR) is 97.0 cm³/mol. The summed E-state index contributed by atoms with van der Waals surface area (Å²) in [5, 5.41) is 3.59. The standard InChI is InChI=1S/C19H19N3OS/c1-12-7-10-15-16(11-12)22-19(21-15)24-17(13-5-3-2-4-6-13)18(23)20-14-8-9-14/h2-7,10-11,14,17H,8-9H2,1H3,(H,20,23)(H,21,22)/t17-/m1/s1. The van der Waals surface area contributed by atoms with Gasteiger partial charge in [0.25, 0.3) is 0 Å². The van der Waals surface area contributed by atoms with E-state index in [0.717, 1.165) is 34.6 Å². The second-order valence-electron chi connectivity index (χ2n) is 6.25. The third kappa shape index (κ3) is 3.31. The molecular formula is C19H19N3OS. The van der Waals surface area contributed by atoms with Crippen molar-refractivity contribution in [2.24, 2.45) is 0 Å². The lowest BCUT2D eigenvalue weighted by atomic mass is 10.1. The van der Waals surface area contributed by atoms with Crippen LogP contribution in [0.4, 0.5) is 0 Å². The van der Waals surface area contributed by atoms with Crippen LogP contribution in [0, 0.1) is 6.92 Å². The van der Waals surface area contributed by atoms with Crippen LogP contribution in [0.1, 0.15) is 29.2 Å². The summed E-state index contributed by atoms with van der Waals surface area (Å²) < 4.78 is 0. The van der Waals surface area contributed by atoms with Crippen molar-refractivity contribution in [1.82, 2.24) is 15.3 Å². The number of H-pyrrole nitrogens is 1. The van der Waals surface area contributed by atoms with Gasteiger partial charge in [0.1, 0.15) is 5.25 Å². The molecule has 4 nitrogen and oxygen atoms in total. The molecule has 1 aromatic heterocycles. The maximum atomic E-state index is 12.7. The van der Waals surface area contributed by atoms with Crippen LogP contribution < -0.4 is 5.32 Å². The summed E-state index contributed by atoms with van der Waals surface area (Å²) in [4.78, 5) is 20.7. The number of aromatic nitrogens is 2. The third-order valence-corrected chi connectivity index (χ3v) is 5.25. The summed E-state index contributed by atoms with van der Waals surface area (Å²) in [7, 11) is 0. The summed E-state index contributed by atoms with van der Waals surface area (Å²) in [6.45, 7) is 2.06. The molecule has 4 rings (SSSR count). The summed E-state index contributed by atoms with van der Waals surface area (Å²) in [5.41, 5.74) is 4.12. The molecule has 0 aliphatic heterocycles. The Morgan fingerprint density at radius 1 is 1.25 bits per heavy atom. The van der Waals surface area contributed by atoms with E-state index >= 15 is 0 Å². The molecule has 1 amide bonds. The van der Waals surface area contributed by atoms with Crippen molar-refractivity contribution in [3.05, 3.63) is 59.7 Å². The first-order valence-corrected chi connectivity index (χ1v) is 9.05. The number of benzene rings is 2. The Morgan fingerprint density at radius 3 is 2.79 bits per heavy atom. The van der Waals surface area contributed by atoms with Crippen LogP contribution in [0.25, 0.3) is 11.0 Å². The molecule has 2 N–H and O–H groups in total. The Hall–Kier alpha value is -2.27. The van der Waals surface area contributed by atoms with Gasteiger partial charge < -0.3 is 10.3 Å². The molecule has 1 heterocycles. The summed E-state index contributed by atoms with van der Waals surface area (Å²) in [6.07, 6.45) is 2.17. The third-order valence-electron chi connectivity index (χ3n) is 4.11. The maximum Gasteiger partial charge on any atom is 0.238 e. The molecule has 1 atom stereocenters. The number of thioether (sulfide) groups is 1. The summed E-state index contributed by atoms with van der Waals surface area (Å²) in [6, 6.07) is 16.4. The van der Waals surface area contributed by atoms with E-state index in [4.69, 9.17) is 0 Å². The normalized spacial score (nSPS) is 15.4. The first-order valence-electron chi connectivity index (χ1n) is 8.17. The average Bonchev–Trinajstić information content (AvgIpc) is 3.30. The average molecular weight is 337 g/mol. The van der Waals surface area contributed by atoms with Crippen LogP contribution in [0.5, 0.6) is 0 Å². The largest absolute Gasteiger partial charge is 0.352 e. The van der Waals surface area contributed by atoms with Crippen molar-refractivity contribution in [3.8, 4) is 0 Å². The predicted octanol–water partition coefficient (Wildman–Crippen LogP) is 3.98. The Balaban J connectivity index is 1.63. The van der Waals surface area contributed by atoms with Crippen molar-refractivity contribution in [3.63, 3.8) is 0 Å². The highest BCUT2D eigenvalue weighted by atomic mass is 32.2. The van der Waals surface area contributed by atoms with Gasteiger partial charge in [0, 0.05) is 6.04 Å². The minimum atomic E-state index is -0.298. The molecule has 1 fully saturated rings. The Kier molecular flexibility index (Phi) is 4.02. The van der Waals surface area contributed by atoms with E-state index in [2.05, 4.69) is 28.3 Å². The van der Waals surface area contributed by atoms with E-state index in [0.29, 0.717) is 6.04 Å². The number of hydrogen-bond donors (Lipinski definition) is 2. The van der Waals surface area contributed by atoms with Gasteiger partial charge in [-0.25, -0.2) is 4.98 Å². The first-order chi connectivity index (χ1) is 11.7. The molecule has 0 spiro atoms. The van der Waals surface area contributed by atoms with Crippen LogP contribution in [-0.4, -0.2) is 21.9 Å². The lowest BCUT2D eigenvalue weighted by Gasteiger charge is -2.15. The zero-order chi connectivity index (χ0) is 16.5. The topological polar surface area (TPSA) is 57.8 Å². The molecule has 0 unspecified atom stereocenters. The van der Waals surface area contributed by atoms with Crippen LogP contribution >= 0.6 is 11.8 Å². The minimum absolute atomic E-state index is 0.0605. The monoisotopic (exact) mass is 337 g/mol. The summed E-state index contributed by atoms with van der Waals surface area (Å²) >= 11 is 1.47. The van der Waals surface area contributed by atoms with Crippen LogP contribution in [0.2, 0.25) is 0 Å². The lowest BCUT2D eigenvalue weighted by molar-refractivity contribution is -0.120. The highest BCUT2D eigenvalue weighted by Gasteiger charge is 2.29. The minimum Gasteiger partial charge on any atom is -0.352 e. The zero-order valence-corrected chi connectivity index (χ0v) is 14.3. The highest BCUT2D eigenvalue weighted by molar-refractivity contribution is 8.00. The molecule has 122 valence electrons. The van der Waals surface area contributed by atoms with Gasteiger partial charge in [0.2, 0.25) is 5.91 Å². The number of rotatable bonds is 5. The smallest absolute Gasteiger partial charge is 0.238 e. The molecule has 0 saturated heterocycles. The van der Waals surface area contributed by atoms with Crippen molar-refractivity contribution in [2.45, 2.75) is 36.2 Å². The number of carbonyl (C=O) groups is 1. The molecule has 1 aliphatic rings. The molecule has 5 heteroatoms. The Labute approximate surface area is 145 Å². The number of nitrogens with one attached hydrogen (secondary N) is 2. The van der Waals surface area contributed by atoms with Crippen molar-refractivity contribution >= 4 is 28.7 Å². The highest BCUT2D eigenvalue weighted by Crippen LogP contribution is 2.35. The molecular weight excluding hydrogens is 318 g/mol. The second-order valence-corrected chi connectivity index (χ2v) is 7.35. The van der Waals surface area contributed by atoms with Gasteiger partial charge in [-0.3, -0.25) is 4.79 Å². The number of aryl methyl sites for hydroxylation is 1. The lowest BCUT2D eigenvalue weighted by Crippen LogP contribution is -2.29. The summed E-state index contributed by atoms with van der Waals surface area (Å²) in [5.74, 6) is 0.0605. The molecule has 24 heavy (non-hydrogen) atoms. The fourth-order valence-corrected chi connectivity index (χ4v) is 3.68. The number of amides is 1. The van der Waals surface area contributed by atoms with E-state index < -0.39 is 0 Å². The molecule has 1 saturated carbocycles. The van der Waals surface area contributed by atoms with E-state index in [1.54, 1.807) is 0 Å². The number of carbonyl (C=O) groups excluding carboxylic acids is 1. The van der Waals surface area contributed by atoms with Crippen molar-refractivity contribution < 1.29 is 4.79 Å². The Morgan fingerprint density at radius 2 is 2.04 bits per heavy atom. The second kappa shape index (κ2) is 6.32. The molecule has 2 aromatic carbocycles. The molecule has 3 aromatic rings. The molecule has 1 aliphatic carbocycles. The van der Waals surface area contributed by atoms with Gasteiger partial charge in [-0.2, -0.15) is 0 Å². The van der Waals surface area contributed by atoms with Gasteiger partial charge in [-0.05, 0) is 43.0 Å². The van der Waals surface area contributed by atoms with Gasteiger partial charge in [0.15, 0.2) is 5.16 Å². The van der Waals surface area contributed by atoms with Gasteiger partial charge in [-0.15, -0.1) is 0 Å². The van der Waals surface area contributed by atoms with Gasteiger partial charge >= 0.3 is 0 Å². The molecule has 0 radical (unpaired) electrons. The SMILES string of the molecule is Cc1ccc2nc(S[C@@H](C(=O)NC3CC3)c3ccccc3)[nH]c2c1. The maximum absolute atomic E-state index is 12.7. The van der Waals surface area contributed by atoms with Gasteiger partial charge in [0.05, 0.1) is 11.0 Å². The van der Waals surface area contributed by atoms with Crippen LogP contribution in [0.3, 0.4) is 0 Å². The van der Waals surface area contributed by atoms with Crippen molar-refractivity contribution in [2.75, 3.05) is 0 Å². The number of imidazole rings is 1.